The van der Waals surface area contributed by atoms with Crippen LogP contribution in [0.4, 0.5) is 0 Å². The van der Waals surface area contributed by atoms with Crippen molar-refractivity contribution >= 4 is 10.0 Å². The van der Waals surface area contributed by atoms with Crippen molar-refractivity contribution in [1.82, 2.24) is 14.3 Å². The third-order valence-electron chi connectivity index (χ3n) is 3.79. The lowest BCUT2D eigenvalue weighted by Crippen LogP contribution is -2.35. The van der Waals surface area contributed by atoms with Crippen LogP contribution in [0.1, 0.15) is 31.5 Å². The molecule has 7 heteroatoms. The van der Waals surface area contributed by atoms with E-state index in [-0.39, 0.29) is 17.5 Å². The molecule has 0 radical (unpaired) electrons. The lowest BCUT2D eigenvalue weighted by Gasteiger charge is -2.17. The van der Waals surface area contributed by atoms with Crippen LogP contribution in [0.15, 0.2) is 11.2 Å². The van der Waals surface area contributed by atoms with Crippen molar-refractivity contribution in [3.05, 3.63) is 12.0 Å². The Morgan fingerprint density at radius 2 is 2.16 bits per heavy atom. The summed E-state index contributed by atoms with van der Waals surface area (Å²) in [5.74, 6) is 0.852. The molecular formula is C12H21N3O3S. The SMILES string of the molecule is Cc1nc(S(=O)(=O)NCC(O)C2CCCC2)cn1C. The minimum atomic E-state index is -3.63. The topological polar surface area (TPSA) is 84.2 Å². The van der Waals surface area contributed by atoms with Gasteiger partial charge in [-0.15, -0.1) is 0 Å². The summed E-state index contributed by atoms with van der Waals surface area (Å²) in [5, 5.41) is 9.97. The lowest BCUT2D eigenvalue weighted by molar-refractivity contribution is 0.115. The van der Waals surface area contributed by atoms with Crippen LogP contribution in [-0.2, 0) is 17.1 Å². The van der Waals surface area contributed by atoms with Gasteiger partial charge in [0.15, 0.2) is 5.03 Å². The fraction of sp³-hybridized carbons (Fsp3) is 0.750. The Balaban J connectivity index is 1.97. The monoisotopic (exact) mass is 287 g/mol. The molecule has 1 atom stereocenters. The number of sulfonamides is 1. The van der Waals surface area contributed by atoms with Crippen LogP contribution in [-0.4, -0.2) is 35.7 Å². The fourth-order valence-electron chi connectivity index (χ4n) is 2.43. The number of aliphatic hydroxyl groups is 1. The van der Waals surface area contributed by atoms with Crippen molar-refractivity contribution in [1.29, 1.82) is 0 Å². The summed E-state index contributed by atoms with van der Waals surface area (Å²) in [6, 6.07) is 0. The van der Waals surface area contributed by atoms with E-state index < -0.39 is 16.1 Å². The van der Waals surface area contributed by atoms with Gasteiger partial charge in [0.2, 0.25) is 0 Å². The van der Waals surface area contributed by atoms with Crippen molar-refractivity contribution in [2.45, 2.75) is 43.7 Å². The van der Waals surface area contributed by atoms with Gasteiger partial charge in [-0.1, -0.05) is 12.8 Å². The van der Waals surface area contributed by atoms with Gasteiger partial charge in [0, 0.05) is 19.8 Å². The number of rotatable bonds is 5. The molecule has 108 valence electrons. The molecule has 1 aliphatic carbocycles. The molecular weight excluding hydrogens is 266 g/mol. The average molecular weight is 287 g/mol. The summed E-state index contributed by atoms with van der Waals surface area (Å²) in [4.78, 5) is 3.99. The largest absolute Gasteiger partial charge is 0.391 e. The van der Waals surface area contributed by atoms with Crippen LogP contribution in [0.25, 0.3) is 0 Å². The van der Waals surface area contributed by atoms with Crippen LogP contribution < -0.4 is 4.72 Å². The van der Waals surface area contributed by atoms with Gasteiger partial charge in [-0.05, 0) is 25.7 Å². The highest BCUT2D eigenvalue weighted by atomic mass is 32.2. The molecule has 1 unspecified atom stereocenters. The van der Waals surface area contributed by atoms with Gasteiger partial charge < -0.3 is 9.67 Å². The summed E-state index contributed by atoms with van der Waals surface area (Å²) >= 11 is 0. The summed E-state index contributed by atoms with van der Waals surface area (Å²) < 4.78 is 28.1. The van der Waals surface area contributed by atoms with Gasteiger partial charge in [0.05, 0.1) is 6.10 Å². The Morgan fingerprint density at radius 1 is 1.53 bits per heavy atom. The van der Waals surface area contributed by atoms with E-state index in [1.54, 1.807) is 18.5 Å². The zero-order valence-electron chi connectivity index (χ0n) is 11.3. The highest BCUT2D eigenvalue weighted by Gasteiger charge is 2.25. The van der Waals surface area contributed by atoms with E-state index in [4.69, 9.17) is 0 Å². The summed E-state index contributed by atoms with van der Waals surface area (Å²) in [5.41, 5.74) is 0. The molecule has 0 spiro atoms. The molecule has 19 heavy (non-hydrogen) atoms. The van der Waals surface area contributed by atoms with Crippen LogP contribution in [0.3, 0.4) is 0 Å². The second-order valence-corrected chi connectivity index (χ2v) is 6.91. The quantitative estimate of drug-likeness (QED) is 0.828. The van der Waals surface area contributed by atoms with E-state index in [0.29, 0.717) is 5.82 Å². The number of aromatic nitrogens is 2. The fourth-order valence-corrected chi connectivity index (χ4v) is 3.52. The molecule has 6 nitrogen and oxygen atoms in total. The first-order chi connectivity index (χ1) is 8.90. The van der Waals surface area contributed by atoms with Gasteiger partial charge in [-0.25, -0.2) is 18.1 Å². The van der Waals surface area contributed by atoms with Crippen molar-refractivity contribution in [2.75, 3.05) is 6.54 Å². The molecule has 1 aliphatic rings. The van der Waals surface area contributed by atoms with Gasteiger partial charge in [-0.2, -0.15) is 0 Å². The molecule has 0 bridgehead atoms. The summed E-state index contributed by atoms with van der Waals surface area (Å²) in [6.07, 6.45) is 5.06. The zero-order chi connectivity index (χ0) is 14.0. The van der Waals surface area contributed by atoms with E-state index >= 15 is 0 Å². The molecule has 1 saturated carbocycles. The molecule has 2 N–H and O–H groups in total. The third kappa shape index (κ3) is 3.34. The Kier molecular flexibility index (Phi) is 4.27. The Bertz CT molecular complexity index is 513. The van der Waals surface area contributed by atoms with Crippen LogP contribution in [0.5, 0.6) is 0 Å². The van der Waals surface area contributed by atoms with Crippen LogP contribution >= 0.6 is 0 Å². The van der Waals surface area contributed by atoms with E-state index in [2.05, 4.69) is 9.71 Å². The standard InChI is InChI=1S/C12H21N3O3S/c1-9-14-12(8-15(9)2)19(17,18)13-7-11(16)10-5-3-4-6-10/h8,10-11,13,16H,3-7H2,1-2H3. The number of nitrogens with zero attached hydrogens (tertiary/aromatic N) is 2. The van der Waals surface area contributed by atoms with Gasteiger partial charge >= 0.3 is 0 Å². The molecule has 2 rings (SSSR count). The maximum atomic E-state index is 12.0. The van der Waals surface area contributed by atoms with E-state index in [1.165, 1.54) is 6.20 Å². The van der Waals surface area contributed by atoms with Crippen molar-refractivity contribution < 1.29 is 13.5 Å². The third-order valence-corrected chi connectivity index (χ3v) is 5.08. The first kappa shape index (κ1) is 14.5. The molecule has 0 aliphatic heterocycles. The normalized spacial score (nSPS) is 18.9. The maximum absolute atomic E-state index is 12.0. The molecule has 0 amide bonds. The molecule has 1 heterocycles. The van der Waals surface area contributed by atoms with Crippen molar-refractivity contribution in [3.63, 3.8) is 0 Å². The van der Waals surface area contributed by atoms with Crippen molar-refractivity contribution in [2.24, 2.45) is 13.0 Å². The summed E-state index contributed by atoms with van der Waals surface area (Å²) in [7, 11) is -1.88. The molecule has 0 saturated heterocycles. The summed E-state index contributed by atoms with van der Waals surface area (Å²) in [6.45, 7) is 1.80. The predicted octanol–water partition coefficient (Wildman–Crippen LogP) is 0.558. The van der Waals surface area contributed by atoms with E-state index in [0.717, 1.165) is 25.7 Å². The molecule has 1 fully saturated rings. The van der Waals surface area contributed by atoms with Gasteiger partial charge in [0.25, 0.3) is 10.0 Å². The van der Waals surface area contributed by atoms with Crippen LogP contribution in [0, 0.1) is 12.8 Å². The Morgan fingerprint density at radius 3 is 2.68 bits per heavy atom. The lowest BCUT2D eigenvalue weighted by atomic mass is 10.0. The maximum Gasteiger partial charge on any atom is 0.259 e. The molecule has 1 aromatic heterocycles. The number of hydrogen-bond donors (Lipinski definition) is 2. The van der Waals surface area contributed by atoms with E-state index in [1.807, 2.05) is 0 Å². The highest BCUT2D eigenvalue weighted by Crippen LogP contribution is 2.27. The zero-order valence-corrected chi connectivity index (χ0v) is 12.2. The first-order valence-electron chi connectivity index (χ1n) is 6.58. The van der Waals surface area contributed by atoms with Gasteiger partial charge in [0.1, 0.15) is 5.82 Å². The van der Waals surface area contributed by atoms with Crippen LogP contribution in [0.2, 0.25) is 0 Å². The average Bonchev–Trinajstić information content (AvgIpc) is 2.98. The first-order valence-corrected chi connectivity index (χ1v) is 8.06. The minimum Gasteiger partial charge on any atom is -0.391 e. The van der Waals surface area contributed by atoms with E-state index in [9.17, 15) is 13.5 Å². The number of imidazole rings is 1. The highest BCUT2D eigenvalue weighted by molar-refractivity contribution is 7.89. The number of nitrogens with one attached hydrogen (secondary N) is 1. The van der Waals surface area contributed by atoms with Gasteiger partial charge in [-0.3, -0.25) is 0 Å². The smallest absolute Gasteiger partial charge is 0.259 e. The second-order valence-electron chi connectivity index (χ2n) is 5.20. The molecule has 1 aromatic rings. The Hall–Kier alpha value is -0.920. The van der Waals surface area contributed by atoms with Crippen molar-refractivity contribution in [3.8, 4) is 0 Å². The Labute approximate surface area is 113 Å². The predicted molar refractivity (Wildman–Crippen MR) is 71.1 cm³/mol. The number of hydrogen-bond acceptors (Lipinski definition) is 4. The number of aryl methyl sites for hydroxylation is 2. The number of aliphatic hydroxyl groups excluding tert-OH is 1. The molecule has 0 aromatic carbocycles. The minimum absolute atomic E-state index is 0.00567. The second kappa shape index (κ2) is 5.60.